The summed E-state index contributed by atoms with van der Waals surface area (Å²) in [7, 11) is 0. The van der Waals surface area contributed by atoms with E-state index in [1.54, 1.807) is 6.08 Å². The number of ether oxygens (including phenoxy) is 1. The number of nitrogens with one attached hydrogen (secondary N) is 1. The van der Waals surface area contributed by atoms with Gasteiger partial charge in [-0.2, -0.15) is 0 Å². The van der Waals surface area contributed by atoms with Gasteiger partial charge in [-0.1, -0.05) is 236 Å². The van der Waals surface area contributed by atoms with Gasteiger partial charge in [0.1, 0.15) is 0 Å². The summed E-state index contributed by atoms with van der Waals surface area (Å²) >= 11 is 0. The molecule has 368 valence electrons. The van der Waals surface area contributed by atoms with E-state index in [4.69, 9.17) is 4.74 Å². The molecule has 2 atom stereocenters. The van der Waals surface area contributed by atoms with Crippen molar-refractivity contribution < 1.29 is 24.5 Å². The van der Waals surface area contributed by atoms with Gasteiger partial charge in [-0.25, -0.2) is 0 Å². The van der Waals surface area contributed by atoms with Crippen molar-refractivity contribution in [3.63, 3.8) is 0 Å². The molecule has 0 aromatic heterocycles. The van der Waals surface area contributed by atoms with E-state index in [-0.39, 0.29) is 18.5 Å². The predicted molar refractivity (Wildman–Crippen MR) is 273 cm³/mol. The van der Waals surface area contributed by atoms with Gasteiger partial charge in [-0.3, -0.25) is 9.59 Å². The van der Waals surface area contributed by atoms with Crippen molar-refractivity contribution >= 4 is 11.9 Å². The third kappa shape index (κ3) is 49.1. The number of carbonyl (C=O) groups is 2. The largest absolute Gasteiger partial charge is 0.465 e. The lowest BCUT2D eigenvalue weighted by molar-refractivity contribution is -0.143. The predicted octanol–water partition coefficient (Wildman–Crippen LogP) is 16.6. The van der Waals surface area contributed by atoms with Gasteiger partial charge < -0.3 is 20.3 Å². The van der Waals surface area contributed by atoms with Gasteiger partial charge in [-0.05, 0) is 77.0 Å². The molecule has 0 spiro atoms. The molecular weight excluding hydrogens is 779 g/mol. The standard InChI is InChI=1S/C57H105NO5/c1-3-5-7-9-11-13-15-16-24-28-31-35-39-43-47-51-57(62)63-52-48-44-40-36-32-29-26-23-21-19-17-18-20-22-25-27-30-34-38-42-46-50-56(61)58-54(53-59)55(60)49-45-41-37-33-14-12-10-8-6-4-2/h16,24,29,32,40,44-45,49,54-55,59-60H,3-15,17-23,25-28,30-31,33-39,41-43,46-48,50-53H2,1-2H3,(H,58,61)/b24-16-,32-29-,44-40-,49-45+. The number of carbonyl (C=O) groups excluding carboxylic acids is 2. The number of amides is 1. The first kappa shape index (κ1) is 60.8. The van der Waals surface area contributed by atoms with E-state index in [1.807, 2.05) is 6.08 Å². The number of allylic oxidation sites excluding steroid dienone is 6. The number of hydrogen-bond acceptors (Lipinski definition) is 5. The van der Waals surface area contributed by atoms with Crippen LogP contribution in [-0.4, -0.2) is 47.4 Å². The Hall–Kier alpha value is -2.18. The highest BCUT2D eigenvalue weighted by molar-refractivity contribution is 5.76. The van der Waals surface area contributed by atoms with Gasteiger partial charge in [0.2, 0.25) is 5.91 Å². The summed E-state index contributed by atoms with van der Waals surface area (Å²) in [5, 5.41) is 22.9. The topological polar surface area (TPSA) is 95.9 Å². The van der Waals surface area contributed by atoms with Crippen molar-refractivity contribution in [3.8, 4) is 0 Å². The molecule has 0 rings (SSSR count). The summed E-state index contributed by atoms with van der Waals surface area (Å²) in [6, 6.07) is -0.630. The quantitative estimate of drug-likeness (QED) is 0.0321. The first-order valence-corrected chi connectivity index (χ1v) is 27.4. The van der Waals surface area contributed by atoms with E-state index in [1.165, 1.54) is 199 Å². The summed E-state index contributed by atoms with van der Waals surface area (Å²) in [6.45, 7) is 4.76. The Morgan fingerprint density at radius 1 is 0.444 bits per heavy atom. The lowest BCUT2D eigenvalue weighted by atomic mass is 10.0. The van der Waals surface area contributed by atoms with Crippen LogP contribution in [0.4, 0.5) is 0 Å². The van der Waals surface area contributed by atoms with E-state index < -0.39 is 12.1 Å². The molecule has 0 saturated heterocycles. The van der Waals surface area contributed by atoms with Crippen LogP contribution in [0.5, 0.6) is 0 Å². The van der Waals surface area contributed by atoms with Crippen molar-refractivity contribution in [2.45, 2.75) is 289 Å². The van der Waals surface area contributed by atoms with E-state index in [0.717, 1.165) is 51.4 Å². The Kier molecular flexibility index (Phi) is 50.6. The van der Waals surface area contributed by atoms with Crippen LogP contribution < -0.4 is 5.32 Å². The molecule has 0 aliphatic heterocycles. The molecule has 63 heavy (non-hydrogen) atoms. The molecule has 3 N–H and O–H groups in total. The van der Waals surface area contributed by atoms with Crippen LogP contribution in [0.25, 0.3) is 0 Å². The number of aliphatic hydroxyl groups excluding tert-OH is 2. The molecule has 0 aromatic carbocycles. The summed E-state index contributed by atoms with van der Waals surface area (Å²) in [4.78, 5) is 24.4. The smallest absolute Gasteiger partial charge is 0.305 e. The molecule has 2 unspecified atom stereocenters. The zero-order valence-corrected chi connectivity index (χ0v) is 41.8. The van der Waals surface area contributed by atoms with Crippen LogP contribution in [0.15, 0.2) is 48.6 Å². The molecule has 0 saturated carbocycles. The van der Waals surface area contributed by atoms with E-state index in [2.05, 4.69) is 55.6 Å². The highest BCUT2D eigenvalue weighted by Gasteiger charge is 2.18. The summed E-state index contributed by atoms with van der Waals surface area (Å²) in [6.07, 6.45) is 65.7. The fraction of sp³-hybridized carbons (Fsp3) is 0.825. The van der Waals surface area contributed by atoms with Crippen molar-refractivity contribution in [2.75, 3.05) is 13.2 Å². The molecule has 0 bridgehead atoms. The average molecular weight is 884 g/mol. The van der Waals surface area contributed by atoms with Crippen LogP contribution in [0.1, 0.15) is 277 Å². The Labute approximate surface area is 391 Å². The molecule has 1 amide bonds. The summed E-state index contributed by atoms with van der Waals surface area (Å²) in [5.74, 6) is -0.120. The van der Waals surface area contributed by atoms with Gasteiger partial charge in [0.15, 0.2) is 0 Å². The Morgan fingerprint density at radius 2 is 0.794 bits per heavy atom. The third-order valence-corrected chi connectivity index (χ3v) is 12.3. The van der Waals surface area contributed by atoms with Crippen LogP contribution in [-0.2, 0) is 14.3 Å². The third-order valence-electron chi connectivity index (χ3n) is 12.3. The molecule has 0 heterocycles. The molecule has 0 radical (unpaired) electrons. The maximum Gasteiger partial charge on any atom is 0.305 e. The summed E-state index contributed by atoms with van der Waals surface area (Å²) < 4.78 is 5.41. The number of rotatable bonds is 50. The Balaban J connectivity index is 3.47. The van der Waals surface area contributed by atoms with Gasteiger partial charge in [0, 0.05) is 12.8 Å². The molecular formula is C57H105NO5. The van der Waals surface area contributed by atoms with E-state index in [9.17, 15) is 19.8 Å². The van der Waals surface area contributed by atoms with Crippen LogP contribution in [0, 0.1) is 0 Å². The monoisotopic (exact) mass is 884 g/mol. The van der Waals surface area contributed by atoms with E-state index in [0.29, 0.717) is 19.4 Å². The lowest BCUT2D eigenvalue weighted by Gasteiger charge is -2.20. The minimum atomic E-state index is -0.846. The zero-order chi connectivity index (χ0) is 45.8. The van der Waals surface area contributed by atoms with Gasteiger partial charge in [0.25, 0.3) is 0 Å². The molecule has 0 fully saturated rings. The highest BCUT2D eigenvalue weighted by atomic mass is 16.5. The molecule has 0 aliphatic rings. The maximum absolute atomic E-state index is 12.4. The second-order valence-electron chi connectivity index (χ2n) is 18.5. The molecule has 6 nitrogen and oxygen atoms in total. The first-order chi connectivity index (χ1) is 31.0. The average Bonchev–Trinajstić information content (AvgIpc) is 3.28. The Bertz CT molecular complexity index is 1070. The number of esters is 1. The number of unbranched alkanes of at least 4 members (excludes halogenated alkanes) is 33. The molecule has 0 aromatic rings. The fourth-order valence-electron chi connectivity index (χ4n) is 8.11. The van der Waals surface area contributed by atoms with Crippen molar-refractivity contribution in [2.24, 2.45) is 0 Å². The maximum atomic E-state index is 12.4. The van der Waals surface area contributed by atoms with Gasteiger partial charge in [-0.15, -0.1) is 0 Å². The van der Waals surface area contributed by atoms with E-state index >= 15 is 0 Å². The minimum absolute atomic E-state index is 0.0446. The SMILES string of the molecule is CCCCCCCC/C=C\CCCCCCCC(=O)OCC/C=C\C/C=C\CCCCCCCCCCCCCCCCC(=O)NC(CO)C(O)/C=C/CCCCCCCCCC. The minimum Gasteiger partial charge on any atom is -0.465 e. The molecule has 6 heteroatoms. The number of aliphatic hydroxyl groups is 2. The van der Waals surface area contributed by atoms with Crippen molar-refractivity contribution in [1.29, 1.82) is 0 Å². The molecule has 0 aliphatic carbocycles. The van der Waals surface area contributed by atoms with Gasteiger partial charge in [0.05, 0.1) is 25.4 Å². The fourth-order valence-corrected chi connectivity index (χ4v) is 8.11. The lowest BCUT2D eigenvalue weighted by Crippen LogP contribution is -2.45. The normalized spacial score (nSPS) is 13.0. The van der Waals surface area contributed by atoms with Crippen molar-refractivity contribution in [3.05, 3.63) is 48.6 Å². The van der Waals surface area contributed by atoms with Gasteiger partial charge >= 0.3 is 5.97 Å². The first-order valence-electron chi connectivity index (χ1n) is 27.4. The van der Waals surface area contributed by atoms with Crippen LogP contribution in [0.2, 0.25) is 0 Å². The second-order valence-corrected chi connectivity index (χ2v) is 18.5. The van der Waals surface area contributed by atoms with Crippen LogP contribution >= 0.6 is 0 Å². The Morgan fingerprint density at radius 3 is 1.22 bits per heavy atom. The van der Waals surface area contributed by atoms with Crippen LogP contribution in [0.3, 0.4) is 0 Å². The van der Waals surface area contributed by atoms with Crippen molar-refractivity contribution in [1.82, 2.24) is 5.32 Å². The summed E-state index contributed by atoms with van der Waals surface area (Å²) in [5.41, 5.74) is 0. The number of hydrogen-bond donors (Lipinski definition) is 3. The second kappa shape index (κ2) is 52.4. The highest BCUT2D eigenvalue weighted by Crippen LogP contribution is 2.15. The zero-order valence-electron chi connectivity index (χ0n) is 41.8.